The van der Waals surface area contributed by atoms with E-state index in [0.29, 0.717) is 23.2 Å². The molecule has 22 heavy (non-hydrogen) atoms. The Labute approximate surface area is 135 Å². The van der Waals surface area contributed by atoms with Gasteiger partial charge in [0.1, 0.15) is 0 Å². The minimum atomic E-state index is 0. The second kappa shape index (κ2) is 6.98. The summed E-state index contributed by atoms with van der Waals surface area (Å²) < 4.78 is 15.9. The zero-order valence-electron chi connectivity index (χ0n) is 12.6. The summed E-state index contributed by atoms with van der Waals surface area (Å²) in [4.78, 5) is 4.50. The number of hydrogen-bond acceptors (Lipinski definition) is 6. The molecule has 1 heterocycles. The van der Waals surface area contributed by atoms with E-state index in [1.807, 2.05) is 18.2 Å². The van der Waals surface area contributed by atoms with Crippen LogP contribution in [0.2, 0.25) is 0 Å². The molecule has 6 nitrogen and oxygen atoms in total. The van der Waals surface area contributed by atoms with E-state index in [9.17, 15) is 0 Å². The molecular formula is C15H20ClN3O3. The molecule has 0 radical (unpaired) electrons. The Kier molecular flexibility index (Phi) is 5.26. The third kappa shape index (κ3) is 3.18. The van der Waals surface area contributed by atoms with Crippen molar-refractivity contribution in [2.24, 2.45) is 5.73 Å². The van der Waals surface area contributed by atoms with Gasteiger partial charge in [-0.1, -0.05) is 5.16 Å². The number of ether oxygens (including phenoxy) is 2. The lowest BCUT2D eigenvalue weighted by molar-refractivity contribution is 0.352. The predicted octanol–water partition coefficient (Wildman–Crippen LogP) is 2.77. The molecule has 1 aromatic carbocycles. The Bertz CT molecular complexity index is 632. The Morgan fingerprint density at radius 3 is 2.59 bits per heavy atom. The molecule has 0 bridgehead atoms. The van der Waals surface area contributed by atoms with Crippen LogP contribution in [0.3, 0.4) is 0 Å². The van der Waals surface area contributed by atoms with E-state index in [-0.39, 0.29) is 24.4 Å². The molecule has 0 spiro atoms. The van der Waals surface area contributed by atoms with Crippen molar-refractivity contribution in [3.8, 4) is 22.9 Å². The first-order valence-corrected chi connectivity index (χ1v) is 7.03. The molecule has 2 aromatic rings. The van der Waals surface area contributed by atoms with Gasteiger partial charge in [-0.3, -0.25) is 0 Å². The van der Waals surface area contributed by atoms with Crippen LogP contribution in [0, 0.1) is 0 Å². The molecule has 1 aliphatic rings. The zero-order chi connectivity index (χ0) is 14.8. The third-order valence-electron chi connectivity index (χ3n) is 3.91. The number of nitrogens with zero attached hydrogens (tertiary/aromatic N) is 2. The van der Waals surface area contributed by atoms with Gasteiger partial charge < -0.3 is 19.7 Å². The fraction of sp³-hybridized carbons (Fsp3) is 0.467. The Morgan fingerprint density at radius 2 is 1.95 bits per heavy atom. The fourth-order valence-corrected chi connectivity index (χ4v) is 2.73. The van der Waals surface area contributed by atoms with Crippen molar-refractivity contribution in [2.75, 3.05) is 14.2 Å². The Morgan fingerprint density at radius 1 is 1.18 bits per heavy atom. The standard InChI is InChI=1S/C15H19N3O3.ClH/c1-19-12-6-4-9(8-13(12)20-2)14-17-15(21-18-14)10-3-5-11(16)7-10;/h4,6,8,10-11H,3,5,7,16H2,1-2H3;1H. The maximum atomic E-state index is 5.93. The van der Waals surface area contributed by atoms with Crippen molar-refractivity contribution in [3.05, 3.63) is 24.1 Å². The number of aromatic nitrogens is 2. The molecule has 0 amide bonds. The van der Waals surface area contributed by atoms with Gasteiger partial charge in [0.15, 0.2) is 11.5 Å². The number of benzene rings is 1. The van der Waals surface area contributed by atoms with Crippen molar-refractivity contribution in [2.45, 2.75) is 31.2 Å². The highest BCUT2D eigenvalue weighted by Gasteiger charge is 2.28. The van der Waals surface area contributed by atoms with Crippen molar-refractivity contribution in [1.82, 2.24) is 10.1 Å². The minimum Gasteiger partial charge on any atom is -0.493 e. The summed E-state index contributed by atoms with van der Waals surface area (Å²) in [5.74, 6) is 2.83. The monoisotopic (exact) mass is 325 g/mol. The molecule has 2 N–H and O–H groups in total. The lowest BCUT2D eigenvalue weighted by Gasteiger charge is -2.07. The van der Waals surface area contributed by atoms with E-state index in [1.54, 1.807) is 14.2 Å². The maximum absolute atomic E-state index is 5.93. The molecule has 120 valence electrons. The van der Waals surface area contributed by atoms with E-state index in [2.05, 4.69) is 10.1 Å². The van der Waals surface area contributed by atoms with Crippen LogP contribution in [0.15, 0.2) is 22.7 Å². The molecule has 1 aromatic heterocycles. The molecule has 1 aliphatic carbocycles. The molecule has 1 saturated carbocycles. The predicted molar refractivity (Wildman–Crippen MR) is 84.7 cm³/mol. The van der Waals surface area contributed by atoms with Crippen LogP contribution in [0.1, 0.15) is 31.1 Å². The van der Waals surface area contributed by atoms with E-state index >= 15 is 0 Å². The van der Waals surface area contributed by atoms with Gasteiger partial charge in [-0.15, -0.1) is 12.4 Å². The lowest BCUT2D eigenvalue weighted by Crippen LogP contribution is -2.14. The average molecular weight is 326 g/mol. The van der Waals surface area contributed by atoms with E-state index < -0.39 is 0 Å². The summed E-state index contributed by atoms with van der Waals surface area (Å²) in [5, 5.41) is 4.06. The van der Waals surface area contributed by atoms with Crippen LogP contribution in [0.5, 0.6) is 11.5 Å². The van der Waals surface area contributed by atoms with Crippen LogP contribution in [0.4, 0.5) is 0 Å². The summed E-state index contributed by atoms with van der Waals surface area (Å²) in [5.41, 5.74) is 6.77. The molecule has 3 rings (SSSR count). The van der Waals surface area contributed by atoms with Gasteiger partial charge in [-0.25, -0.2) is 0 Å². The summed E-state index contributed by atoms with van der Waals surface area (Å²) >= 11 is 0. The topological polar surface area (TPSA) is 83.4 Å². The smallest absolute Gasteiger partial charge is 0.230 e. The molecule has 7 heteroatoms. The van der Waals surface area contributed by atoms with E-state index in [1.165, 1.54) is 0 Å². The molecule has 1 fully saturated rings. The quantitative estimate of drug-likeness (QED) is 0.930. The van der Waals surface area contributed by atoms with Crippen molar-refractivity contribution in [3.63, 3.8) is 0 Å². The number of rotatable bonds is 4. The number of hydrogen-bond donors (Lipinski definition) is 1. The van der Waals surface area contributed by atoms with Gasteiger partial charge in [0.05, 0.1) is 14.2 Å². The first kappa shape index (κ1) is 16.6. The lowest BCUT2D eigenvalue weighted by atomic mass is 10.1. The second-order valence-corrected chi connectivity index (χ2v) is 5.30. The van der Waals surface area contributed by atoms with Crippen molar-refractivity contribution in [1.29, 1.82) is 0 Å². The van der Waals surface area contributed by atoms with Crippen molar-refractivity contribution >= 4 is 12.4 Å². The highest BCUT2D eigenvalue weighted by atomic mass is 35.5. The highest BCUT2D eigenvalue weighted by molar-refractivity contribution is 5.85. The largest absolute Gasteiger partial charge is 0.493 e. The van der Waals surface area contributed by atoms with Gasteiger partial charge in [0.2, 0.25) is 11.7 Å². The van der Waals surface area contributed by atoms with Crippen LogP contribution in [-0.2, 0) is 0 Å². The molecular weight excluding hydrogens is 306 g/mol. The van der Waals surface area contributed by atoms with Gasteiger partial charge >= 0.3 is 0 Å². The van der Waals surface area contributed by atoms with Gasteiger partial charge in [-0.2, -0.15) is 4.98 Å². The average Bonchev–Trinajstić information content (AvgIpc) is 3.15. The zero-order valence-corrected chi connectivity index (χ0v) is 13.4. The number of nitrogens with two attached hydrogens (primary N) is 1. The van der Waals surface area contributed by atoms with Crippen LogP contribution < -0.4 is 15.2 Å². The van der Waals surface area contributed by atoms with Crippen LogP contribution >= 0.6 is 12.4 Å². The number of methoxy groups -OCH3 is 2. The van der Waals surface area contributed by atoms with E-state index in [0.717, 1.165) is 24.8 Å². The van der Waals surface area contributed by atoms with Gasteiger partial charge in [-0.05, 0) is 37.5 Å². The Balaban J connectivity index is 0.00000176. The molecule has 0 aliphatic heterocycles. The van der Waals surface area contributed by atoms with Gasteiger partial charge in [0, 0.05) is 17.5 Å². The van der Waals surface area contributed by atoms with Crippen LogP contribution in [-0.4, -0.2) is 30.4 Å². The number of halogens is 1. The first-order valence-electron chi connectivity index (χ1n) is 7.03. The first-order chi connectivity index (χ1) is 10.2. The Hall–Kier alpha value is -1.79. The fourth-order valence-electron chi connectivity index (χ4n) is 2.73. The highest BCUT2D eigenvalue weighted by Crippen LogP contribution is 2.35. The SMILES string of the molecule is COc1ccc(-c2noc(C3CCC(N)C3)n2)cc1OC.Cl. The second-order valence-electron chi connectivity index (χ2n) is 5.30. The van der Waals surface area contributed by atoms with E-state index in [4.69, 9.17) is 19.7 Å². The molecule has 0 saturated heterocycles. The summed E-state index contributed by atoms with van der Waals surface area (Å²) in [6, 6.07) is 5.80. The molecule has 2 atom stereocenters. The summed E-state index contributed by atoms with van der Waals surface area (Å²) in [7, 11) is 3.20. The van der Waals surface area contributed by atoms with Crippen molar-refractivity contribution < 1.29 is 14.0 Å². The third-order valence-corrected chi connectivity index (χ3v) is 3.91. The summed E-state index contributed by atoms with van der Waals surface area (Å²) in [6.07, 6.45) is 2.93. The minimum absolute atomic E-state index is 0. The maximum Gasteiger partial charge on any atom is 0.230 e. The van der Waals surface area contributed by atoms with Gasteiger partial charge in [0.25, 0.3) is 0 Å². The summed E-state index contributed by atoms with van der Waals surface area (Å²) in [6.45, 7) is 0. The van der Waals surface area contributed by atoms with Crippen LogP contribution in [0.25, 0.3) is 11.4 Å². The molecule has 2 unspecified atom stereocenters. The normalized spacial score (nSPS) is 20.5.